The third-order valence-corrected chi connectivity index (χ3v) is 4.82. The van der Waals surface area contributed by atoms with Crippen LogP contribution in [0.2, 0.25) is 0 Å². The fourth-order valence-corrected chi connectivity index (χ4v) is 3.52. The third kappa shape index (κ3) is 2.88. The molecule has 20 heavy (non-hydrogen) atoms. The van der Waals surface area contributed by atoms with Gasteiger partial charge in [0.05, 0.1) is 12.1 Å². The Bertz CT molecular complexity index is 645. The van der Waals surface area contributed by atoms with E-state index in [2.05, 4.69) is 10.3 Å². The highest BCUT2D eigenvalue weighted by molar-refractivity contribution is 7.17. The van der Waals surface area contributed by atoms with Crippen molar-refractivity contribution < 1.29 is 14.7 Å². The minimum atomic E-state index is -0.969. The maximum Gasteiger partial charge on any atom is 0.347 e. The fourth-order valence-electron chi connectivity index (χ4n) is 1.91. The summed E-state index contributed by atoms with van der Waals surface area (Å²) in [4.78, 5) is 28.5. The molecule has 1 aliphatic carbocycles. The molecule has 0 bridgehead atoms. The molecule has 2 aromatic heterocycles. The molecule has 0 radical (unpaired) electrons. The lowest BCUT2D eigenvalue weighted by Gasteiger charge is -1.99. The molecule has 0 unspecified atom stereocenters. The van der Waals surface area contributed by atoms with Crippen molar-refractivity contribution in [1.29, 1.82) is 0 Å². The highest BCUT2D eigenvalue weighted by Gasteiger charge is 2.32. The Labute approximate surface area is 123 Å². The molecule has 1 saturated carbocycles. The van der Waals surface area contributed by atoms with Crippen LogP contribution in [0, 0.1) is 0 Å². The number of thiophene rings is 1. The quantitative estimate of drug-likeness (QED) is 0.890. The van der Waals surface area contributed by atoms with Crippen LogP contribution in [-0.2, 0) is 11.2 Å². The first-order valence-electron chi connectivity index (χ1n) is 6.19. The molecule has 2 heterocycles. The van der Waals surface area contributed by atoms with Crippen LogP contribution < -0.4 is 5.32 Å². The van der Waals surface area contributed by atoms with Gasteiger partial charge in [0.1, 0.15) is 4.88 Å². The van der Waals surface area contributed by atoms with Crippen molar-refractivity contribution in [3.63, 3.8) is 0 Å². The normalized spacial score (nSPS) is 14.2. The van der Waals surface area contributed by atoms with Gasteiger partial charge in [0.2, 0.25) is 5.91 Å². The van der Waals surface area contributed by atoms with Gasteiger partial charge in [-0.25, -0.2) is 9.78 Å². The Kier molecular flexibility index (Phi) is 3.54. The molecule has 0 aliphatic heterocycles. The summed E-state index contributed by atoms with van der Waals surface area (Å²) in [6.07, 6.45) is 2.25. The summed E-state index contributed by atoms with van der Waals surface area (Å²) >= 11 is 2.56. The van der Waals surface area contributed by atoms with Gasteiger partial charge in [-0.05, 0) is 24.3 Å². The highest BCUT2D eigenvalue weighted by Crippen LogP contribution is 2.43. The number of hydrogen-bond acceptors (Lipinski definition) is 5. The number of carbonyl (C=O) groups is 2. The van der Waals surface area contributed by atoms with E-state index in [-0.39, 0.29) is 16.7 Å². The first-order valence-corrected chi connectivity index (χ1v) is 7.89. The molecule has 2 N–H and O–H groups in total. The van der Waals surface area contributed by atoms with E-state index in [1.807, 2.05) is 17.5 Å². The van der Waals surface area contributed by atoms with Gasteiger partial charge in [0, 0.05) is 10.8 Å². The van der Waals surface area contributed by atoms with Gasteiger partial charge in [-0.1, -0.05) is 17.4 Å². The second-order valence-electron chi connectivity index (χ2n) is 4.62. The molecular formula is C13H12N2O3S2. The van der Waals surface area contributed by atoms with Gasteiger partial charge in [0.15, 0.2) is 5.13 Å². The van der Waals surface area contributed by atoms with Crippen LogP contribution in [-0.4, -0.2) is 22.0 Å². The van der Waals surface area contributed by atoms with E-state index in [0.717, 1.165) is 29.1 Å². The number of aromatic carboxylic acids is 1. The number of carbonyl (C=O) groups excluding carboxylic acids is 1. The van der Waals surface area contributed by atoms with Crippen molar-refractivity contribution in [3.05, 3.63) is 33.0 Å². The first-order chi connectivity index (χ1) is 9.63. The predicted octanol–water partition coefficient (Wildman–Crippen LogP) is 2.96. The van der Waals surface area contributed by atoms with E-state index >= 15 is 0 Å². The minimum Gasteiger partial charge on any atom is -0.477 e. The second kappa shape index (κ2) is 5.34. The van der Waals surface area contributed by atoms with Crippen molar-refractivity contribution in [2.45, 2.75) is 25.2 Å². The molecule has 0 saturated heterocycles. The summed E-state index contributed by atoms with van der Waals surface area (Å²) < 4.78 is 0. The lowest BCUT2D eigenvalue weighted by molar-refractivity contribution is -0.115. The topological polar surface area (TPSA) is 79.3 Å². The number of aromatic nitrogens is 1. The summed E-state index contributed by atoms with van der Waals surface area (Å²) in [6.45, 7) is 0. The zero-order valence-electron chi connectivity index (χ0n) is 10.5. The van der Waals surface area contributed by atoms with Crippen molar-refractivity contribution in [2.75, 3.05) is 5.32 Å². The highest BCUT2D eigenvalue weighted by atomic mass is 32.1. The maximum absolute atomic E-state index is 11.9. The zero-order valence-corrected chi connectivity index (χ0v) is 12.1. The number of rotatable bonds is 5. The molecule has 1 amide bonds. The average Bonchev–Trinajstić information content (AvgIpc) is 2.94. The van der Waals surface area contributed by atoms with Crippen LogP contribution in [0.5, 0.6) is 0 Å². The summed E-state index contributed by atoms with van der Waals surface area (Å²) in [5.41, 5.74) is 0.619. The molecule has 0 aromatic carbocycles. The second-order valence-corrected chi connectivity index (χ2v) is 6.65. The molecule has 7 heteroatoms. The molecule has 2 aromatic rings. The first kappa shape index (κ1) is 13.3. The van der Waals surface area contributed by atoms with Crippen molar-refractivity contribution >= 4 is 39.7 Å². The van der Waals surface area contributed by atoms with Crippen LogP contribution in [0.25, 0.3) is 0 Å². The molecule has 5 nitrogen and oxygen atoms in total. The fraction of sp³-hybridized carbons (Fsp3) is 0.308. The summed E-state index contributed by atoms with van der Waals surface area (Å²) in [5, 5.41) is 14.1. The Morgan fingerprint density at radius 2 is 2.25 bits per heavy atom. The van der Waals surface area contributed by atoms with Gasteiger partial charge in [-0.2, -0.15) is 0 Å². The molecule has 104 valence electrons. The summed E-state index contributed by atoms with van der Waals surface area (Å²) in [6, 6.07) is 3.79. The number of carboxylic acids is 1. The molecule has 0 spiro atoms. The monoisotopic (exact) mass is 308 g/mol. The van der Waals surface area contributed by atoms with Crippen LogP contribution in [0.4, 0.5) is 5.13 Å². The number of thiazole rings is 1. The third-order valence-electron chi connectivity index (χ3n) is 2.97. The molecule has 3 rings (SSSR count). The average molecular weight is 308 g/mol. The SMILES string of the molecule is O=C(Cc1cccs1)Nc1nc(C2CC2)c(C(=O)O)s1. The van der Waals surface area contributed by atoms with Gasteiger partial charge >= 0.3 is 5.97 Å². The summed E-state index contributed by atoms with van der Waals surface area (Å²) in [7, 11) is 0. The van der Waals surface area contributed by atoms with Crippen LogP contribution in [0.15, 0.2) is 17.5 Å². The molecule has 1 aliphatic rings. The minimum absolute atomic E-state index is 0.166. The Morgan fingerprint density at radius 1 is 1.45 bits per heavy atom. The number of amides is 1. The largest absolute Gasteiger partial charge is 0.477 e. The van der Waals surface area contributed by atoms with Crippen LogP contribution in [0.3, 0.4) is 0 Å². The molecular weight excluding hydrogens is 296 g/mol. The number of carboxylic acid groups (broad SMARTS) is 1. The van der Waals surface area contributed by atoms with E-state index in [1.54, 1.807) is 0 Å². The number of nitrogens with zero attached hydrogens (tertiary/aromatic N) is 1. The van der Waals surface area contributed by atoms with Gasteiger partial charge in [-0.15, -0.1) is 11.3 Å². The number of nitrogens with one attached hydrogen (secondary N) is 1. The smallest absolute Gasteiger partial charge is 0.347 e. The molecule has 0 atom stereocenters. The van der Waals surface area contributed by atoms with Crippen LogP contribution in [0.1, 0.15) is 39.0 Å². The lowest BCUT2D eigenvalue weighted by Crippen LogP contribution is -2.13. The maximum atomic E-state index is 11.9. The number of anilines is 1. The van der Waals surface area contributed by atoms with Crippen LogP contribution >= 0.6 is 22.7 Å². The van der Waals surface area contributed by atoms with Crippen molar-refractivity contribution in [1.82, 2.24) is 4.98 Å². The Morgan fingerprint density at radius 3 is 2.85 bits per heavy atom. The van der Waals surface area contributed by atoms with E-state index in [4.69, 9.17) is 5.11 Å². The standard InChI is InChI=1S/C13H12N2O3S2/c16-9(6-8-2-1-5-19-8)14-13-15-10(7-3-4-7)11(20-13)12(17)18/h1-2,5,7H,3-4,6H2,(H,17,18)(H,14,15,16). The summed E-state index contributed by atoms with van der Waals surface area (Å²) in [5.74, 6) is -0.885. The number of hydrogen-bond donors (Lipinski definition) is 2. The Hall–Kier alpha value is -1.73. The molecule has 1 fully saturated rings. The van der Waals surface area contributed by atoms with E-state index in [9.17, 15) is 9.59 Å². The van der Waals surface area contributed by atoms with Gasteiger partial charge in [-0.3, -0.25) is 4.79 Å². The van der Waals surface area contributed by atoms with Gasteiger partial charge in [0.25, 0.3) is 0 Å². The zero-order chi connectivity index (χ0) is 14.1. The van der Waals surface area contributed by atoms with E-state index in [1.165, 1.54) is 11.3 Å². The Balaban J connectivity index is 1.72. The van der Waals surface area contributed by atoms with E-state index < -0.39 is 5.97 Å². The van der Waals surface area contributed by atoms with Crippen molar-refractivity contribution in [2.24, 2.45) is 0 Å². The van der Waals surface area contributed by atoms with Crippen molar-refractivity contribution in [3.8, 4) is 0 Å². The lowest BCUT2D eigenvalue weighted by atomic mass is 10.2. The predicted molar refractivity (Wildman–Crippen MR) is 77.7 cm³/mol. The van der Waals surface area contributed by atoms with E-state index in [0.29, 0.717) is 17.2 Å². The van der Waals surface area contributed by atoms with Gasteiger partial charge < -0.3 is 10.4 Å².